The van der Waals surface area contributed by atoms with Crippen LogP contribution >= 0.6 is 0 Å². The van der Waals surface area contributed by atoms with Crippen molar-refractivity contribution in [1.29, 1.82) is 0 Å². The zero-order valence-electron chi connectivity index (χ0n) is 11.8. The molecule has 0 spiro atoms. The molecule has 0 amide bonds. The Morgan fingerprint density at radius 2 is 2.05 bits per heavy atom. The van der Waals surface area contributed by atoms with Crippen LogP contribution in [0.25, 0.3) is 0 Å². The second-order valence-corrected chi connectivity index (χ2v) is 4.65. The highest BCUT2D eigenvalue weighted by Crippen LogP contribution is 2.07. The summed E-state index contributed by atoms with van der Waals surface area (Å²) in [7, 11) is 0. The molecule has 0 fully saturated rings. The number of esters is 1. The summed E-state index contributed by atoms with van der Waals surface area (Å²) in [6, 6.07) is 3.56. The van der Waals surface area contributed by atoms with Crippen molar-refractivity contribution in [3.05, 3.63) is 36.3 Å². The van der Waals surface area contributed by atoms with Gasteiger partial charge < -0.3 is 9.15 Å². The van der Waals surface area contributed by atoms with E-state index in [2.05, 4.69) is 6.92 Å². The van der Waals surface area contributed by atoms with Crippen LogP contribution in [-0.2, 0) is 16.1 Å². The Labute approximate surface area is 115 Å². The number of carbonyl (C=O) groups is 1. The minimum Gasteiger partial charge on any atom is -0.466 e. The number of hydrogen-bond acceptors (Lipinski definition) is 3. The van der Waals surface area contributed by atoms with Crippen molar-refractivity contribution in [3.63, 3.8) is 0 Å². The van der Waals surface area contributed by atoms with E-state index in [1.54, 1.807) is 18.4 Å². The maximum absolute atomic E-state index is 11.4. The number of hydrogen-bond donors (Lipinski definition) is 0. The van der Waals surface area contributed by atoms with Gasteiger partial charge in [-0.1, -0.05) is 45.1 Å². The average Bonchev–Trinajstić information content (AvgIpc) is 2.93. The molecule has 0 aromatic carbocycles. The van der Waals surface area contributed by atoms with Crippen LogP contribution in [-0.4, -0.2) is 5.97 Å². The second kappa shape index (κ2) is 10.4. The van der Waals surface area contributed by atoms with Crippen LogP contribution in [0.5, 0.6) is 0 Å². The first kappa shape index (κ1) is 15.5. The summed E-state index contributed by atoms with van der Waals surface area (Å²) < 4.78 is 10.1. The molecule has 3 nitrogen and oxygen atoms in total. The molecule has 0 saturated carbocycles. The summed E-state index contributed by atoms with van der Waals surface area (Å²) >= 11 is 0. The molecule has 0 radical (unpaired) electrons. The van der Waals surface area contributed by atoms with E-state index in [0.717, 1.165) is 12.8 Å². The van der Waals surface area contributed by atoms with Crippen LogP contribution < -0.4 is 0 Å². The monoisotopic (exact) mass is 264 g/mol. The van der Waals surface area contributed by atoms with E-state index >= 15 is 0 Å². The van der Waals surface area contributed by atoms with Crippen molar-refractivity contribution in [2.24, 2.45) is 0 Å². The lowest BCUT2D eigenvalue weighted by molar-refractivity contribution is -0.139. The lowest BCUT2D eigenvalue weighted by atomic mass is 10.1. The third kappa shape index (κ3) is 8.25. The topological polar surface area (TPSA) is 39.4 Å². The van der Waals surface area contributed by atoms with E-state index in [1.807, 2.05) is 6.08 Å². The predicted molar refractivity (Wildman–Crippen MR) is 75.6 cm³/mol. The summed E-state index contributed by atoms with van der Waals surface area (Å²) in [6.07, 6.45) is 13.5. The van der Waals surface area contributed by atoms with Crippen molar-refractivity contribution >= 4 is 5.97 Å². The summed E-state index contributed by atoms with van der Waals surface area (Å²) in [6.45, 7) is 2.42. The van der Waals surface area contributed by atoms with Crippen LogP contribution in [0.4, 0.5) is 0 Å². The molecule has 1 heterocycles. The molecule has 1 aromatic rings. The van der Waals surface area contributed by atoms with Gasteiger partial charge in [-0.2, -0.15) is 0 Å². The van der Waals surface area contributed by atoms with Gasteiger partial charge in [0.1, 0.15) is 12.4 Å². The highest BCUT2D eigenvalue weighted by molar-refractivity contribution is 5.81. The van der Waals surface area contributed by atoms with Crippen LogP contribution in [0.1, 0.15) is 57.6 Å². The molecule has 0 aliphatic heterocycles. The Bertz CT molecular complexity index is 352. The van der Waals surface area contributed by atoms with Gasteiger partial charge >= 0.3 is 5.97 Å². The minimum atomic E-state index is -0.303. The van der Waals surface area contributed by atoms with E-state index < -0.39 is 0 Å². The molecule has 19 heavy (non-hydrogen) atoms. The smallest absolute Gasteiger partial charge is 0.330 e. The van der Waals surface area contributed by atoms with Gasteiger partial charge in [0.2, 0.25) is 0 Å². The Kier molecular flexibility index (Phi) is 8.52. The fourth-order valence-corrected chi connectivity index (χ4v) is 1.81. The Morgan fingerprint density at radius 3 is 2.79 bits per heavy atom. The van der Waals surface area contributed by atoms with E-state index in [0.29, 0.717) is 5.76 Å². The largest absolute Gasteiger partial charge is 0.466 e. The minimum absolute atomic E-state index is 0.202. The lowest BCUT2D eigenvalue weighted by Crippen LogP contribution is -1.99. The summed E-state index contributed by atoms with van der Waals surface area (Å²) in [5.41, 5.74) is 0. The Balaban J connectivity index is 1.97. The van der Waals surface area contributed by atoms with Crippen molar-refractivity contribution in [2.45, 2.75) is 58.5 Å². The van der Waals surface area contributed by atoms with Crippen LogP contribution in [0, 0.1) is 0 Å². The first-order valence-corrected chi connectivity index (χ1v) is 7.18. The third-order valence-corrected chi connectivity index (χ3v) is 2.92. The maximum atomic E-state index is 11.4. The zero-order valence-corrected chi connectivity index (χ0v) is 11.8. The van der Waals surface area contributed by atoms with Gasteiger partial charge in [-0.15, -0.1) is 0 Å². The van der Waals surface area contributed by atoms with Crippen molar-refractivity contribution in [2.75, 3.05) is 0 Å². The first-order valence-electron chi connectivity index (χ1n) is 7.18. The van der Waals surface area contributed by atoms with Crippen molar-refractivity contribution < 1.29 is 13.9 Å². The maximum Gasteiger partial charge on any atom is 0.330 e. The number of unbranched alkanes of at least 4 members (excludes halogenated alkanes) is 6. The van der Waals surface area contributed by atoms with E-state index in [1.165, 1.54) is 38.2 Å². The van der Waals surface area contributed by atoms with Gasteiger partial charge in [-0.25, -0.2) is 4.79 Å². The van der Waals surface area contributed by atoms with Gasteiger partial charge in [-0.05, 0) is 25.0 Å². The van der Waals surface area contributed by atoms with Gasteiger partial charge in [0.15, 0.2) is 0 Å². The molecule has 0 aliphatic rings. The molecule has 0 unspecified atom stereocenters. The van der Waals surface area contributed by atoms with Crippen LogP contribution in [0.3, 0.4) is 0 Å². The molecule has 3 heteroatoms. The van der Waals surface area contributed by atoms with Gasteiger partial charge in [-0.3, -0.25) is 0 Å². The van der Waals surface area contributed by atoms with Crippen LogP contribution in [0.15, 0.2) is 35.0 Å². The van der Waals surface area contributed by atoms with E-state index in [9.17, 15) is 4.79 Å². The summed E-state index contributed by atoms with van der Waals surface area (Å²) in [5, 5.41) is 0. The molecule has 0 saturated heterocycles. The molecule has 1 aromatic heterocycles. The molecular formula is C16H24O3. The molecule has 0 N–H and O–H groups in total. The van der Waals surface area contributed by atoms with Crippen LogP contribution in [0.2, 0.25) is 0 Å². The van der Waals surface area contributed by atoms with Gasteiger partial charge in [0, 0.05) is 6.08 Å². The lowest BCUT2D eigenvalue weighted by Gasteiger charge is -1.99. The van der Waals surface area contributed by atoms with Gasteiger partial charge in [0.25, 0.3) is 0 Å². The Morgan fingerprint density at radius 1 is 1.26 bits per heavy atom. The fourth-order valence-electron chi connectivity index (χ4n) is 1.81. The SMILES string of the molecule is CCCCCCCCC=CC(=O)OCc1ccco1. The first-order chi connectivity index (χ1) is 9.33. The number of allylic oxidation sites excluding steroid dienone is 1. The van der Waals surface area contributed by atoms with Crippen molar-refractivity contribution in [1.82, 2.24) is 0 Å². The highest BCUT2D eigenvalue weighted by atomic mass is 16.5. The van der Waals surface area contributed by atoms with Gasteiger partial charge in [0.05, 0.1) is 6.26 Å². The quantitative estimate of drug-likeness (QED) is 0.351. The molecule has 0 bridgehead atoms. The van der Waals surface area contributed by atoms with E-state index in [4.69, 9.17) is 9.15 Å². The average molecular weight is 264 g/mol. The second-order valence-electron chi connectivity index (χ2n) is 4.65. The summed E-state index contributed by atoms with van der Waals surface area (Å²) in [4.78, 5) is 11.4. The number of carbonyl (C=O) groups excluding carboxylic acids is 1. The number of rotatable bonds is 10. The number of ether oxygens (including phenoxy) is 1. The molecule has 0 atom stereocenters. The summed E-state index contributed by atoms with van der Waals surface area (Å²) in [5.74, 6) is 0.361. The van der Waals surface area contributed by atoms with E-state index in [-0.39, 0.29) is 12.6 Å². The van der Waals surface area contributed by atoms with Crippen molar-refractivity contribution in [3.8, 4) is 0 Å². The molecule has 106 valence electrons. The molecular weight excluding hydrogens is 240 g/mol. The third-order valence-electron chi connectivity index (χ3n) is 2.92. The molecule has 1 rings (SSSR count). The number of furan rings is 1. The molecule has 0 aliphatic carbocycles. The predicted octanol–water partition coefficient (Wildman–Crippen LogP) is 4.63. The Hall–Kier alpha value is -1.51. The zero-order chi connectivity index (χ0) is 13.8. The normalized spacial score (nSPS) is 11.0. The highest BCUT2D eigenvalue weighted by Gasteiger charge is 1.99. The fraction of sp³-hybridized carbons (Fsp3) is 0.562. The standard InChI is InChI=1S/C16H24O3/c1-2-3-4-5-6-7-8-9-12-16(17)19-14-15-11-10-13-18-15/h9-13H,2-8,14H2,1H3.